The number of fused-ring (bicyclic) bond motifs is 2. The van der Waals surface area contributed by atoms with Gasteiger partial charge in [-0.3, -0.25) is 9.00 Å². The van der Waals surface area contributed by atoms with Crippen molar-refractivity contribution in [3.05, 3.63) is 118 Å². The molecule has 2 unspecified atom stereocenters. The molecule has 0 saturated carbocycles. The van der Waals surface area contributed by atoms with Crippen molar-refractivity contribution in [2.24, 2.45) is 4.99 Å². The van der Waals surface area contributed by atoms with Crippen molar-refractivity contribution in [3.8, 4) is 21.6 Å². The number of alkyl halides is 6. The summed E-state index contributed by atoms with van der Waals surface area (Å²) >= 11 is -0.136. The molecule has 0 bridgehead atoms. The van der Waals surface area contributed by atoms with Crippen molar-refractivity contribution >= 4 is 82.5 Å². The molecule has 1 amide bonds. The Hall–Kier alpha value is -4.71. The van der Waals surface area contributed by atoms with Gasteiger partial charge >= 0.3 is 11.0 Å². The Labute approximate surface area is 347 Å². The molecule has 0 aromatic heterocycles. The predicted molar refractivity (Wildman–Crippen MR) is 227 cm³/mol. The maximum atomic E-state index is 14.0. The number of amides is 1. The van der Waals surface area contributed by atoms with Gasteiger partial charge in [-0.15, -0.1) is 11.3 Å². The van der Waals surface area contributed by atoms with Crippen LogP contribution in [0.2, 0.25) is 0 Å². The summed E-state index contributed by atoms with van der Waals surface area (Å²) in [5, 5.41) is 7.35. The lowest BCUT2D eigenvalue weighted by atomic mass is 9.95. The number of thioether (sulfide) groups is 1. The highest BCUT2D eigenvalue weighted by atomic mass is 32.3. The number of anilines is 3. The number of hydrogen-bond acceptors (Lipinski definition) is 8. The molecule has 59 heavy (non-hydrogen) atoms. The Kier molecular flexibility index (Phi) is 12.2. The van der Waals surface area contributed by atoms with Gasteiger partial charge in [0.2, 0.25) is 9.82 Å². The number of sulfone groups is 1. The van der Waals surface area contributed by atoms with Crippen LogP contribution in [0.25, 0.3) is 31.7 Å². The van der Waals surface area contributed by atoms with Crippen molar-refractivity contribution in [3.63, 3.8) is 0 Å². The molecule has 0 radical (unpaired) electrons. The maximum absolute atomic E-state index is 14.0. The third kappa shape index (κ3) is 9.07. The van der Waals surface area contributed by atoms with Crippen LogP contribution in [0.4, 0.5) is 49.1 Å². The van der Waals surface area contributed by atoms with E-state index in [0.29, 0.717) is 48.5 Å². The summed E-state index contributed by atoms with van der Waals surface area (Å²) in [6.45, 7) is 12.9. The lowest BCUT2D eigenvalue weighted by Crippen LogP contribution is -2.36. The van der Waals surface area contributed by atoms with Crippen LogP contribution in [-0.2, 0) is 25.4 Å². The molecule has 1 aliphatic carbocycles. The summed E-state index contributed by atoms with van der Waals surface area (Å²) in [5.74, 6) is -0.250. The molecule has 7 nitrogen and oxygen atoms in total. The van der Waals surface area contributed by atoms with Gasteiger partial charge in [-0.1, -0.05) is 54.1 Å². The first kappa shape index (κ1) is 43.9. The molecule has 310 valence electrons. The predicted octanol–water partition coefficient (Wildman–Crippen LogP) is 12.0. The smallest absolute Gasteiger partial charge is 0.355 e. The van der Waals surface area contributed by atoms with E-state index < -0.39 is 52.2 Å². The van der Waals surface area contributed by atoms with E-state index in [1.165, 1.54) is 36.5 Å². The molecular formula is C42H37F6N3O4S4. The summed E-state index contributed by atoms with van der Waals surface area (Å²) in [4.78, 5) is 17.0. The van der Waals surface area contributed by atoms with E-state index in [2.05, 4.69) is 10.6 Å². The second kappa shape index (κ2) is 16.4. The van der Waals surface area contributed by atoms with Crippen molar-refractivity contribution in [2.45, 2.75) is 68.3 Å². The molecule has 2 atom stereocenters. The zero-order chi connectivity index (χ0) is 43.4. The molecule has 6 rings (SSSR count). The lowest BCUT2D eigenvalue weighted by Gasteiger charge is -2.22. The van der Waals surface area contributed by atoms with Crippen LogP contribution in [0, 0.1) is 41.5 Å². The highest BCUT2D eigenvalue weighted by molar-refractivity contribution is 8.26. The van der Waals surface area contributed by atoms with E-state index >= 15 is 0 Å². The number of nitrogens with zero attached hydrogens (tertiary/aromatic N) is 1. The van der Waals surface area contributed by atoms with Crippen LogP contribution in [0.5, 0.6) is 0 Å². The highest BCUT2D eigenvalue weighted by Gasteiger charge is 2.57. The van der Waals surface area contributed by atoms with Gasteiger partial charge in [-0.2, -0.15) is 26.3 Å². The molecule has 0 spiro atoms. The standard InChI is InChI=1S/C42H37F6N3O4S4/c1-21-16-22(2)37(23(3)17-21)50-28-12-14-30-33(19-28)56-34-20-29(51-39-25(5)18-24(4)38(26(39)6)49-27(7)52)13-15-31(34)36(30)32-10-8-9-11-35(32)58(53)40(57-41(43,44)45)59(54,55)42(46,47)48/h8-20,40,50H,1-7H3,(H,49,52). The summed E-state index contributed by atoms with van der Waals surface area (Å²) < 4.78 is 119. The Morgan fingerprint density at radius 3 is 2.07 bits per heavy atom. The zero-order valence-corrected chi connectivity index (χ0v) is 35.8. The monoisotopic (exact) mass is 889 g/mol. The second-order valence-corrected chi connectivity index (χ2v) is 20.7. The number of carbonyl (C=O) groups excluding carboxylic acids is 1. The van der Waals surface area contributed by atoms with Crippen LogP contribution in [0.15, 0.2) is 88.8 Å². The molecule has 4 aromatic rings. The summed E-state index contributed by atoms with van der Waals surface area (Å²) in [6.07, 6.45) is 0. The van der Waals surface area contributed by atoms with Gasteiger partial charge < -0.3 is 10.6 Å². The number of hydrogen-bond donors (Lipinski definition) is 2. The molecule has 2 N–H and O–H groups in total. The van der Waals surface area contributed by atoms with Gasteiger partial charge in [0.15, 0.2) is 0 Å². The van der Waals surface area contributed by atoms with Gasteiger partial charge in [-0.05, 0) is 117 Å². The first-order valence-electron chi connectivity index (χ1n) is 17.8. The van der Waals surface area contributed by atoms with Crippen molar-refractivity contribution in [1.29, 1.82) is 0 Å². The minimum atomic E-state index is -6.60. The minimum Gasteiger partial charge on any atom is -0.355 e. The molecule has 0 fully saturated rings. The van der Waals surface area contributed by atoms with E-state index in [-0.39, 0.29) is 11.5 Å². The average molecular weight is 890 g/mol. The minimum absolute atomic E-state index is 0.0143. The van der Waals surface area contributed by atoms with Gasteiger partial charge in [0.05, 0.1) is 21.8 Å². The van der Waals surface area contributed by atoms with Crippen LogP contribution < -0.4 is 16.0 Å². The number of halogens is 6. The number of aryl methyl sites for hydroxylation is 5. The topological polar surface area (TPSA) is 105 Å². The van der Waals surface area contributed by atoms with E-state index in [1.54, 1.807) is 30.3 Å². The zero-order valence-electron chi connectivity index (χ0n) is 32.6. The number of benzene rings is 5. The number of nitrogens with one attached hydrogen (secondary N) is 2. The largest absolute Gasteiger partial charge is 0.499 e. The van der Waals surface area contributed by atoms with E-state index in [4.69, 9.17) is 4.99 Å². The first-order chi connectivity index (χ1) is 27.5. The van der Waals surface area contributed by atoms with Crippen LogP contribution in [-0.4, -0.2) is 33.5 Å². The Balaban J connectivity index is 1.63. The summed E-state index contributed by atoms with van der Waals surface area (Å²) in [5.41, 5.74) is -2.52. The molecule has 17 heteroatoms. The van der Waals surface area contributed by atoms with E-state index in [9.17, 15) is 43.8 Å². The van der Waals surface area contributed by atoms with Crippen LogP contribution in [0.1, 0.15) is 40.3 Å². The maximum Gasteiger partial charge on any atom is 0.499 e. The van der Waals surface area contributed by atoms with Gasteiger partial charge in [0.25, 0.3) is 9.84 Å². The quantitative estimate of drug-likeness (QED) is 0.111. The van der Waals surface area contributed by atoms with Crippen LogP contribution >= 0.6 is 23.1 Å². The van der Waals surface area contributed by atoms with Gasteiger partial charge in [0, 0.05) is 55.0 Å². The average Bonchev–Trinajstić information content (AvgIpc) is 3.13. The van der Waals surface area contributed by atoms with Crippen molar-refractivity contribution in [2.75, 3.05) is 10.6 Å². The lowest BCUT2D eigenvalue weighted by molar-refractivity contribution is -0.114. The van der Waals surface area contributed by atoms with E-state index in [0.717, 1.165) is 45.1 Å². The van der Waals surface area contributed by atoms with Gasteiger partial charge in [0.1, 0.15) is 0 Å². The first-order valence-corrected chi connectivity index (χ1v) is 22.3. The Morgan fingerprint density at radius 1 is 0.797 bits per heavy atom. The van der Waals surface area contributed by atoms with Crippen LogP contribution in [0.3, 0.4) is 0 Å². The fourth-order valence-electron chi connectivity index (χ4n) is 7.08. The fraction of sp³-hybridized carbons (Fsp3) is 0.238. The molecule has 4 aromatic carbocycles. The van der Waals surface area contributed by atoms with E-state index in [1.807, 2.05) is 65.8 Å². The Bertz CT molecular complexity index is 2810. The molecule has 2 aliphatic rings. The van der Waals surface area contributed by atoms with Crippen molar-refractivity contribution in [1.82, 2.24) is 0 Å². The normalized spacial score (nSPS) is 13.8. The van der Waals surface area contributed by atoms with Gasteiger partial charge in [-0.25, -0.2) is 13.4 Å². The molecule has 1 heterocycles. The number of rotatable bonds is 9. The molecule has 1 aliphatic heterocycles. The number of carbonyl (C=O) groups is 1. The molecular weight excluding hydrogens is 853 g/mol. The molecule has 0 saturated heterocycles. The van der Waals surface area contributed by atoms with Crippen molar-refractivity contribution < 1.29 is 43.8 Å². The Morgan fingerprint density at radius 2 is 1.44 bits per heavy atom. The highest BCUT2D eigenvalue weighted by Crippen LogP contribution is 2.49. The summed E-state index contributed by atoms with van der Waals surface area (Å²) in [6, 6.07) is 21.7. The third-order valence-electron chi connectivity index (χ3n) is 9.48. The fourth-order valence-corrected chi connectivity index (χ4v) is 13.2. The summed E-state index contributed by atoms with van der Waals surface area (Å²) in [7, 11) is -9.99. The SMILES string of the molecule is CC(=O)Nc1c(C)cc(C)c(N=c2ccc3c(-c4ccccc4S(=O)C(SC(F)(F)F)S(=O)(=O)C(F)(F)F)c4ccc(Nc5c(C)cc(C)cc5C)cc4sc-3c2)c1C. The third-order valence-corrected chi connectivity index (χ3v) is 16.5. The second-order valence-electron chi connectivity index (χ2n) is 14.1.